The van der Waals surface area contributed by atoms with Gasteiger partial charge in [-0.1, -0.05) is 22.7 Å². The summed E-state index contributed by atoms with van der Waals surface area (Å²) >= 11 is 2.23. The molecule has 3 rings (SSSR count). The van der Waals surface area contributed by atoms with Gasteiger partial charge in [-0.25, -0.2) is 4.98 Å². The molecular weight excluding hydrogens is 342 g/mol. The Hall–Kier alpha value is -2.79. The molecule has 0 saturated carbocycles. The molecule has 11 heteroatoms. The predicted molar refractivity (Wildman–Crippen MR) is 85.5 cm³/mol. The van der Waals surface area contributed by atoms with Crippen LogP contribution in [-0.2, 0) is 6.54 Å². The smallest absolute Gasteiger partial charge is 0.258 e. The van der Waals surface area contributed by atoms with Gasteiger partial charge in [0.05, 0.1) is 26.6 Å². The van der Waals surface area contributed by atoms with E-state index in [1.54, 1.807) is 12.1 Å². The molecule has 3 aromatic rings. The zero-order valence-corrected chi connectivity index (χ0v) is 12.9. The molecule has 0 N–H and O–H groups in total. The molecule has 0 unspecified atom stereocenters. The van der Waals surface area contributed by atoms with Crippen LogP contribution in [0.25, 0.3) is 10.2 Å². The van der Waals surface area contributed by atoms with Crippen molar-refractivity contribution in [3.8, 4) is 0 Å². The summed E-state index contributed by atoms with van der Waals surface area (Å²) in [5.74, 6) is 0. The number of azo groups is 1. The van der Waals surface area contributed by atoms with Crippen molar-refractivity contribution in [2.45, 2.75) is 6.54 Å². The molecule has 1 aromatic carbocycles. The van der Waals surface area contributed by atoms with Crippen LogP contribution < -0.4 is 0 Å². The fourth-order valence-electron chi connectivity index (χ4n) is 1.77. The quantitative estimate of drug-likeness (QED) is 0.382. The highest BCUT2D eigenvalue weighted by atomic mass is 32.1. The highest BCUT2D eigenvalue weighted by Crippen LogP contribution is 2.31. The predicted octanol–water partition coefficient (Wildman–Crippen LogP) is 4.46. The molecule has 0 bridgehead atoms. The van der Waals surface area contributed by atoms with E-state index in [2.05, 4.69) is 15.2 Å². The van der Waals surface area contributed by atoms with Gasteiger partial charge >= 0.3 is 5.00 Å². The summed E-state index contributed by atoms with van der Waals surface area (Å²) in [7, 11) is 0. The van der Waals surface area contributed by atoms with Crippen LogP contribution in [0.1, 0.15) is 4.88 Å². The second-order valence-corrected chi connectivity index (χ2v) is 6.46. The summed E-state index contributed by atoms with van der Waals surface area (Å²) in [6.45, 7) is 0.217. The number of nitrogens with zero attached hydrogens (tertiary/aromatic N) is 5. The summed E-state index contributed by atoms with van der Waals surface area (Å²) in [6, 6.07) is 7.43. The van der Waals surface area contributed by atoms with Crippen LogP contribution in [0.3, 0.4) is 0 Å². The van der Waals surface area contributed by atoms with E-state index >= 15 is 0 Å². The maximum absolute atomic E-state index is 10.7. The highest BCUT2D eigenvalue weighted by molar-refractivity contribution is 7.22. The largest absolute Gasteiger partial charge is 0.324 e. The minimum atomic E-state index is -0.468. The minimum absolute atomic E-state index is 0.00414. The highest BCUT2D eigenvalue weighted by Gasteiger charge is 2.11. The molecule has 9 nitrogen and oxygen atoms in total. The van der Waals surface area contributed by atoms with E-state index in [-0.39, 0.29) is 17.2 Å². The number of nitro groups is 2. The average molecular weight is 349 g/mol. The summed E-state index contributed by atoms with van der Waals surface area (Å²) in [5, 5.41) is 29.7. The first-order valence-corrected chi connectivity index (χ1v) is 7.82. The van der Waals surface area contributed by atoms with Gasteiger partial charge in [-0.2, -0.15) is 5.11 Å². The molecule has 0 saturated heterocycles. The van der Waals surface area contributed by atoms with Crippen molar-refractivity contribution in [1.29, 1.82) is 0 Å². The molecule has 0 aliphatic heterocycles. The molecule has 0 aliphatic rings. The van der Waals surface area contributed by atoms with Crippen LogP contribution in [0.2, 0.25) is 0 Å². The molecule has 0 aliphatic carbocycles. The molecule has 116 valence electrons. The van der Waals surface area contributed by atoms with Crippen LogP contribution >= 0.6 is 22.7 Å². The number of benzene rings is 1. The van der Waals surface area contributed by atoms with Crippen LogP contribution in [0, 0.1) is 20.2 Å². The Bertz CT molecular complexity index is 933. The fraction of sp³-hybridized carbons (Fsp3) is 0.0833. The van der Waals surface area contributed by atoms with Gasteiger partial charge in [0.2, 0.25) is 5.13 Å². The fourth-order valence-corrected chi connectivity index (χ4v) is 3.35. The molecule has 2 heterocycles. The lowest BCUT2D eigenvalue weighted by molar-refractivity contribution is -0.384. The number of hydrogen-bond donors (Lipinski definition) is 0. The van der Waals surface area contributed by atoms with E-state index in [0.717, 1.165) is 16.2 Å². The maximum atomic E-state index is 10.7. The Morgan fingerprint density at radius 2 is 1.91 bits per heavy atom. The number of nitro benzene ring substituents is 1. The van der Waals surface area contributed by atoms with E-state index < -0.39 is 9.85 Å². The molecule has 23 heavy (non-hydrogen) atoms. The van der Waals surface area contributed by atoms with Gasteiger partial charge in [-0.3, -0.25) is 20.2 Å². The summed E-state index contributed by atoms with van der Waals surface area (Å²) < 4.78 is 0.653. The number of aromatic nitrogens is 1. The van der Waals surface area contributed by atoms with Crippen molar-refractivity contribution < 1.29 is 9.85 Å². The topological polar surface area (TPSA) is 124 Å². The zero-order chi connectivity index (χ0) is 16.4. The normalized spacial score (nSPS) is 11.3. The summed E-state index contributed by atoms with van der Waals surface area (Å²) in [4.78, 5) is 25.3. The third-order valence-electron chi connectivity index (χ3n) is 2.78. The first-order valence-electron chi connectivity index (χ1n) is 6.18. The lowest BCUT2D eigenvalue weighted by Crippen LogP contribution is -1.85. The monoisotopic (exact) mass is 349 g/mol. The van der Waals surface area contributed by atoms with E-state index in [1.807, 2.05) is 0 Å². The summed E-state index contributed by atoms with van der Waals surface area (Å²) in [6.07, 6.45) is 0. The van der Waals surface area contributed by atoms with Crippen LogP contribution in [0.15, 0.2) is 40.6 Å². The van der Waals surface area contributed by atoms with Crippen molar-refractivity contribution in [1.82, 2.24) is 4.98 Å². The van der Waals surface area contributed by atoms with Crippen LogP contribution in [-0.4, -0.2) is 14.8 Å². The van der Waals surface area contributed by atoms with Gasteiger partial charge in [0, 0.05) is 23.1 Å². The van der Waals surface area contributed by atoms with Crippen molar-refractivity contribution in [2.75, 3.05) is 0 Å². The third-order valence-corrected chi connectivity index (χ3v) is 4.71. The van der Waals surface area contributed by atoms with Gasteiger partial charge in [0.25, 0.3) is 5.69 Å². The van der Waals surface area contributed by atoms with Gasteiger partial charge in [0.1, 0.15) is 0 Å². The van der Waals surface area contributed by atoms with Gasteiger partial charge in [-0.05, 0) is 12.1 Å². The number of thiazole rings is 1. The number of non-ortho nitro benzene ring substituents is 1. The number of hydrogen-bond acceptors (Lipinski definition) is 9. The lowest BCUT2D eigenvalue weighted by atomic mass is 10.3. The van der Waals surface area contributed by atoms with Crippen LogP contribution in [0.5, 0.6) is 0 Å². The first-order chi connectivity index (χ1) is 11.0. The van der Waals surface area contributed by atoms with E-state index in [4.69, 9.17) is 0 Å². The van der Waals surface area contributed by atoms with E-state index in [0.29, 0.717) is 15.3 Å². The average Bonchev–Trinajstić information content (AvgIpc) is 3.12. The Kier molecular flexibility index (Phi) is 4.04. The minimum Gasteiger partial charge on any atom is -0.258 e. The molecule has 0 atom stereocenters. The van der Waals surface area contributed by atoms with E-state index in [9.17, 15) is 20.2 Å². The molecule has 0 spiro atoms. The molecule has 0 radical (unpaired) electrons. The lowest BCUT2D eigenvalue weighted by Gasteiger charge is -1.88. The Morgan fingerprint density at radius 1 is 1.09 bits per heavy atom. The molecular formula is C12H7N5O4S2. The third kappa shape index (κ3) is 3.35. The standard InChI is InChI=1S/C12H7N5O4S2/c18-16(19)7-1-3-9-10(5-7)23-12(14-9)15-13-6-8-2-4-11(22-8)17(20)21/h1-5H,6H2. The molecule has 0 fully saturated rings. The van der Waals surface area contributed by atoms with Crippen molar-refractivity contribution in [3.05, 3.63) is 55.4 Å². The molecule has 0 amide bonds. The second kappa shape index (κ2) is 6.14. The molecule has 2 aromatic heterocycles. The van der Waals surface area contributed by atoms with Crippen molar-refractivity contribution in [2.24, 2.45) is 10.2 Å². The van der Waals surface area contributed by atoms with Gasteiger partial charge < -0.3 is 0 Å². The van der Waals surface area contributed by atoms with Gasteiger partial charge in [0.15, 0.2) is 0 Å². The zero-order valence-electron chi connectivity index (χ0n) is 11.3. The number of rotatable bonds is 5. The Labute approximate surface area is 136 Å². The van der Waals surface area contributed by atoms with Crippen molar-refractivity contribution >= 4 is 48.7 Å². The van der Waals surface area contributed by atoms with Crippen molar-refractivity contribution in [3.63, 3.8) is 0 Å². The maximum Gasteiger partial charge on any atom is 0.324 e. The van der Waals surface area contributed by atoms with E-state index in [1.165, 1.54) is 29.5 Å². The Morgan fingerprint density at radius 3 is 2.61 bits per heavy atom. The number of thiophene rings is 1. The number of fused-ring (bicyclic) bond motifs is 1. The van der Waals surface area contributed by atoms with Crippen LogP contribution in [0.4, 0.5) is 15.8 Å². The second-order valence-electron chi connectivity index (χ2n) is 4.30. The summed E-state index contributed by atoms with van der Waals surface area (Å²) in [5.41, 5.74) is 0.608. The first kappa shape index (κ1) is 15.1. The Balaban J connectivity index is 1.75. The van der Waals surface area contributed by atoms with Gasteiger partial charge in [-0.15, -0.1) is 5.11 Å². The SMILES string of the molecule is O=[N+]([O-])c1ccc2nc(N=NCc3ccc([N+](=O)[O-])s3)sc2c1.